The van der Waals surface area contributed by atoms with Gasteiger partial charge >= 0.3 is 0 Å². The molecule has 30 heavy (non-hydrogen) atoms. The standard InChI is InChI=1S/C22H29N5O3/c1-15-11-19(25-20(24-15)17-8-5-9-18(12-17)27(29)30)26-10-6-7-16(14-26)13-23-21(28)22(2,3)4/h5,8-9,11-12,16H,6-7,10,13-14H2,1-4H3,(H,23,28). The molecular formula is C22H29N5O3. The van der Waals surface area contributed by atoms with Crippen LogP contribution in [0.5, 0.6) is 0 Å². The molecule has 1 aromatic carbocycles. The Balaban J connectivity index is 1.76. The normalized spacial score (nSPS) is 16.9. The Kier molecular flexibility index (Phi) is 6.34. The van der Waals surface area contributed by atoms with E-state index in [1.807, 2.05) is 33.8 Å². The highest BCUT2D eigenvalue weighted by Crippen LogP contribution is 2.26. The molecule has 1 N–H and O–H groups in total. The van der Waals surface area contributed by atoms with E-state index in [9.17, 15) is 14.9 Å². The minimum Gasteiger partial charge on any atom is -0.356 e. The van der Waals surface area contributed by atoms with Crippen LogP contribution < -0.4 is 10.2 Å². The zero-order chi connectivity index (χ0) is 21.9. The van der Waals surface area contributed by atoms with Crippen molar-refractivity contribution in [3.05, 3.63) is 46.1 Å². The summed E-state index contributed by atoms with van der Waals surface area (Å²) in [7, 11) is 0. The van der Waals surface area contributed by atoms with Crippen LogP contribution in [-0.4, -0.2) is 40.4 Å². The smallest absolute Gasteiger partial charge is 0.270 e. The molecule has 1 fully saturated rings. The van der Waals surface area contributed by atoms with Gasteiger partial charge in [0.25, 0.3) is 5.69 Å². The number of hydrogen-bond donors (Lipinski definition) is 1. The molecule has 160 valence electrons. The second kappa shape index (κ2) is 8.77. The van der Waals surface area contributed by atoms with Gasteiger partial charge in [0.2, 0.25) is 5.91 Å². The van der Waals surface area contributed by atoms with Crippen molar-refractivity contribution >= 4 is 17.4 Å². The molecule has 2 aromatic rings. The van der Waals surface area contributed by atoms with Crippen LogP contribution in [-0.2, 0) is 4.79 Å². The molecule has 0 bridgehead atoms. The Bertz CT molecular complexity index is 939. The summed E-state index contributed by atoms with van der Waals surface area (Å²) >= 11 is 0. The van der Waals surface area contributed by atoms with E-state index >= 15 is 0 Å². The largest absolute Gasteiger partial charge is 0.356 e. The second-order valence-corrected chi connectivity index (χ2v) is 8.91. The quantitative estimate of drug-likeness (QED) is 0.594. The number of carbonyl (C=O) groups is 1. The monoisotopic (exact) mass is 411 g/mol. The van der Waals surface area contributed by atoms with Gasteiger partial charge in [0, 0.05) is 54.5 Å². The molecule has 1 atom stereocenters. The van der Waals surface area contributed by atoms with E-state index in [1.54, 1.807) is 12.1 Å². The lowest BCUT2D eigenvalue weighted by Crippen LogP contribution is -2.43. The summed E-state index contributed by atoms with van der Waals surface area (Å²) in [6, 6.07) is 8.33. The highest BCUT2D eigenvalue weighted by Gasteiger charge is 2.25. The number of amides is 1. The number of carbonyl (C=O) groups excluding carboxylic acids is 1. The molecule has 0 radical (unpaired) electrons. The van der Waals surface area contributed by atoms with E-state index in [2.05, 4.69) is 15.2 Å². The second-order valence-electron chi connectivity index (χ2n) is 8.91. The third-order valence-corrected chi connectivity index (χ3v) is 5.23. The van der Waals surface area contributed by atoms with Crippen LogP contribution >= 0.6 is 0 Å². The summed E-state index contributed by atoms with van der Waals surface area (Å²) in [6.45, 7) is 9.97. The van der Waals surface area contributed by atoms with E-state index in [-0.39, 0.29) is 11.6 Å². The molecule has 0 aliphatic carbocycles. The maximum Gasteiger partial charge on any atom is 0.270 e. The van der Waals surface area contributed by atoms with Crippen molar-refractivity contribution in [2.45, 2.75) is 40.5 Å². The van der Waals surface area contributed by atoms with Crippen molar-refractivity contribution in [3.8, 4) is 11.4 Å². The number of nitro groups is 1. The first-order valence-corrected chi connectivity index (χ1v) is 10.3. The topological polar surface area (TPSA) is 101 Å². The molecule has 1 amide bonds. The molecule has 8 heteroatoms. The number of aryl methyl sites for hydroxylation is 1. The molecule has 0 saturated carbocycles. The van der Waals surface area contributed by atoms with E-state index in [1.165, 1.54) is 12.1 Å². The molecule has 1 saturated heterocycles. The number of nitro benzene ring substituents is 1. The van der Waals surface area contributed by atoms with Gasteiger partial charge in [-0.05, 0) is 25.7 Å². The van der Waals surface area contributed by atoms with Crippen molar-refractivity contribution in [1.82, 2.24) is 15.3 Å². The van der Waals surface area contributed by atoms with Gasteiger partial charge in [0.05, 0.1) is 4.92 Å². The van der Waals surface area contributed by atoms with E-state index < -0.39 is 10.3 Å². The number of nitrogens with zero attached hydrogens (tertiary/aromatic N) is 4. The summed E-state index contributed by atoms with van der Waals surface area (Å²) in [5, 5.41) is 14.2. The van der Waals surface area contributed by atoms with Crippen molar-refractivity contribution in [1.29, 1.82) is 0 Å². The van der Waals surface area contributed by atoms with Gasteiger partial charge in [-0.15, -0.1) is 0 Å². The van der Waals surface area contributed by atoms with Crippen molar-refractivity contribution in [2.75, 3.05) is 24.5 Å². The molecule has 1 aromatic heterocycles. The Hall–Kier alpha value is -3.03. The van der Waals surface area contributed by atoms with Crippen LogP contribution in [0.15, 0.2) is 30.3 Å². The summed E-state index contributed by atoms with van der Waals surface area (Å²) in [6.07, 6.45) is 2.08. The number of aromatic nitrogens is 2. The van der Waals surface area contributed by atoms with Gasteiger partial charge < -0.3 is 10.2 Å². The molecule has 8 nitrogen and oxygen atoms in total. The SMILES string of the molecule is Cc1cc(N2CCCC(CNC(=O)C(C)(C)C)C2)nc(-c2cccc([N+](=O)[O-])c2)n1. The molecule has 1 aliphatic heterocycles. The minimum atomic E-state index is -0.415. The van der Waals surface area contributed by atoms with Gasteiger partial charge in [0.15, 0.2) is 5.82 Å². The van der Waals surface area contributed by atoms with Gasteiger partial charge in [-0.25, -0.2) is 9.97 Å². The molecule has 2 heterocycles. The lowest BCUT2D eigenvalue weighted by molar-refractivity contribution is -0.384. The fourth-order valence-corrected chi connectivity index (χ4v) is 3.54. The summed E-state index contributed by atoms with van der Waals surface area (Å²) < 4.78 is 0. The lowest BCUT2D eigenvalue weighted by Gasteiger charge is -2.34. The highest BCUT2D eigenvalue weighted by atomic mass is 16.6. The predicted molar refractivity (Wildman–Crippen MR) is 116 cm³/mol. The van der Waals surface area contributed by atoms with Crippen LogP contribution in [0.3, 0.4) is 0 Å². The Morgan fingerprint density at radius 3 is 2.77 bits per heavy atom. The van der Waals surface area contributed by atoms with Crippen molar-refractivity contribution < 1.29 is 9.72 Å². The van der Waals surface area contributed by atoms with Crippen LogP contribution in [0.2, 0.25) is 0 Å². The third-order valence-electron chi connectivity index (χ3n) is 5.23. The van der Waals surface area contributed by atoms with E-state index in [4.69, 9.17) is 4.98 Å². The van der Waals surface area contributed by atoms with Crippen LogP contribution in [0.1, 0.15) is 39.3 Å². The zero-order valence-electron chi connectivity index (χ0n) is 18.0. The lowest BCUT2D eigenvalue weighted by atomic mass is 9.94. The average molecular weight is 412 g/mol. The van der Waals surface area contributed by atoms with Crippen LogP contribution in [0, 0.1) is 28.4 Å². The maximum atomic E-state index is 12.2. The van der Waals surface area contributed by atoms with Gasteiger partial charge in [-0.3, -0.25) is 14.9 Å². The molecule has 0 spiro atoms. The fraction of sp³-hybridized carbons (Fsp3) is 0.500. The van der Waals surface area contributed by atoms with Gasteiger partial charge in [0.1, 0.15) is 5.82 Å². The Labute approximate surface area is 176 Å². The minimum absolute atomic E-state index is 0.0202. The summed E-state index contributed by atoms with van der Waals surface area (Å²) in [4.78, 5) is 34.3. The number of piperidine rings is 1. The van der Waals surface area contributed by atoms with Gasteiger partial charge in [-0.1, -0.05) is 32.9 Å². The molecule has 1 unspecified atom stereocenters. The Morgan fingerprint density at radius 1 is 1.30 bits per heavy atom. The number of rotatable bonds is 5. The number of nitrogens with one attached hydrogen (secondary N) is 1. The highest BCUT2D eigenvalue weighted by molar-refractivity contribution is 5.81. The van der Waals surface area contributed by atoms with Crippen LogP contribution in [0.25, 0.3) is 11.4 Å². The molecule has 3 rings (SSSR count). The summed E-state index contributed by atoms with van der Waals surface area (Å²) in [5.74, 6) is 1.71. The average Bonchev–Trinajstić information content (AvgIpc) is 2.71. The van der Waals surface area contributed by atoms with E-state index in [0.717, 1.165) is 37.4 Å². The fourth-order valence-electron chi connectivity index (χ4n) is 3.54. The number of non-ortho nitro benzene ring substituents is 1. The van der Waals surface area contributed by atoms with Crippen molar-refractivity contribution in [2.24, 2.45) is 11.3 Å². The number of anilines is 1. The maximum absolute atomic E-state index is 12.2. The zero-order valence-corrected chi connectivity index (χ0v) is 18.0. The number of hydrogen-bond acceptors (Lipinski definition) is 6. The molecular weight excluding hydrogens is 382 g/mol. The van der Waals surface area contributed by atoms with Gasteiger partial charge in [-0.2, -0.15) is 0 Å². The Morgan fingerprint density at radius 2 is 2.07 bits per heavy atom. The van der Waals surface area contributed by atoms with Crippen molar-refractivity contribution in [3.63, 3.8) is 0 Å². The first-order valence-electron chi connectivity index (χ1n) is 10.3. The summed E-state index contributed by atoms with van der Waals surface area (Å²) in [5.41, 5.74) is 1.06. The third kappa shape index (κ3) is 5.31. The van der Waals surface area contributed by atoms with E-state index in [0.29, 0.717) is 23.9 Å². The first-order chi connectivity index (χ1) is 14.1. The molecule has 1 aliphatic rings. The number of benzene rings is 1. The predicted octanol–water partition coefficient (Wildman–Crippen LogP) is 3.74. The first kappa shape index (κ1) is 21.7. The van der Waals surface area contributed by atoms with Crippen LogP contribution in [0.4, 0.5) is 11.5 Å².